The monoisotopic (exact) mass is 467 g/mol. The maximum Gasteiger partial charge on any atom is 0.422 e. The van der Waals surface area contributed by atoms with Gasteiger partial charge in [-0.05, 0) is 50.6 Å². The molecule has 2 amide bonds. The highest BCUT2D eigenvalue weighted by Crippen LogP contribution is 2.28. The number of halogens is 3. The quantitative estimate of drug-likeness (QED) is 0.552. The van der Waals surface area contributed by atoms with Gasteiger partial charge in [0.1, 0.15) is 17.3 Å². The van der Waals surface area contributed by atoms with Crippen LogP contribution in [0.15, 0.2) is 30.3 Å². The van der Waals surface area contributed by atoms with Crippen LogP contribution in [0.4, 0.5) is 19.0 Å². The largest absolute Gasteiger partial charge is 0.493 e. The number of hydrogen-bond acceptors (Lipinski definition) is 5. The van der Waals surface area contributed by atoms with Gasteiger partial charge in [-0.1, -0.05) is 13.8 Å². The third-order valence-electron chi connectivity index (χ3n) is 4.50. The molecule has 1 aromatic carbocycles. The number of ether oxygens (including phenoxy) is 2. The summed E-state index contributed by atoms with van der Waals surface area (Å²) in [5.41, 5.74) is 1.54. The van der Waals surface area contributed by atoms with Gasteiger partial charge in [0.15, 0.2) is 6.61 Å². The van der Waals surface area contributed by atoms with Crippen molar-refractivity contribution in [3.63, 3.8) is 0 Å². The number of pyridine rings is 1. The number of nitrogens with zero attached hydrogens (tertiary/aromatic N) is 1. The maximum absolute atomic E-state index is 12.9. The summed E-state index contributed by atoms with van der Waals surface area (Å²) in [5.74, 6) is -0.437. The molecule has 0 aliphatic carbocycles. The lowest BCUT2D eigenvalue weighted by Gasteiger charge is -2.18. The van der Waals surface area contributed by atoms with Crippen LogP contribution in [0, 0.1) is 12.8 Å². The third-order valence-corrected chi connectivity index (χ3v) is 4.50. The van der Waals surface area contributed by atoms with Gasteiger partial charge in [0, 0.05) is 17.7 Å². The van der Waals surface area contributed by atoms with E-state index in [4.69, 9.17) is 9.47 Å². The van der Waals surface area contributed by atoms with Crippen LogP contribution in [0.5, 0.6) is 11.5 Å². The second-order valence-corrected chi connectivity index (χ2v) is 7.76. The van der Waals surface area contributed by atoms with Crippen LogP contribution in [0.2, 0.25) is 0 Å². The van der Waals surface area contributed by atoms with Gasteiger partial charge >= 0.3 is 6.18 Å². The lowest BCUT2D eigenvalue weighted by Crippen LogP contribution is -2.27. The zero-order chi connectivity index (χ0) is 24.8. The van der Waals surface area contributed by atoms with E-state index in [0.717, 1.165) is 5.56 Å². The van der Waals surface area contributed by atoms with E-state index in [9.17, 15) is 22.8 Å². The Bertz CT molecular complexity index is 993. The molecule has 0 bridgehead atoms. The maximum atomic E-state index is 12.9. The highest BCUT2D eigenvalue weighted by molar-refractivity contribution is 5.97. The normalized spacial score (nSPS) is 12.3. The third kappa shape index (κ3) is 7.96. The lowest BCUT2D eigenvalue weighted by molar-refractivity contribution is -0.153. The number of carbonyl (C=O) groups excluding carboxylic acids is 2. The summed E-state index contributed by atoms with van der Waals surface area (Å²) < 4.78 is 47.4. The summed E-state index contributed by atoms with van der Waals surface area (Å²) in [6.45, 7) is 7.53. The molecule has 2 aromatic rings. The first kappa shape index (κ1) is 26.0. The molecule has 2 rings (SSSR count). The van der Waals surface area contributed by atoms with Gasteiger partial charge in [0.05, 0.1) is 18.2 Å². The van der Waals surface area contributed by atoms with Crippen molar-refractivity contribution in [2.45, 2.75) is 46.8 Å². The van der Waals surface area contributed by atoms with Gasteiger partial charge in [0.25, 0.3) is 5.91 Å². The SMILES string of the molecule is CCOc1cc(OCC(F)(F)F)ccc1C(=O)NC(C)c1cc(C)nc(NC(=O)C(C)C)c1. The van der Waals surface area contributed by atoms with Crippen LogP contribution < -0.4 is 20.1 Å². The Morgan fingerprint density at radius 2 is 1.79 bits per heavy atom. The molecule has 0 radical (unpaired) electrons. The Morgan fingerprint density at radius 1 is 1.09 bits per heavy atom. The number of carbonyl (C=O) groups is 2. The average molecular weight is 467 g/mol. The summed E-state index contributed by atoms with van der Waals surface area (Å²) in [7, 11) is 0. The molecule has 1 aromatic heterocycles. The first-order chi connectivity index (χ1) is 15.4. The van der Waals surface area contributed by atoms with Gasteiger partial charge < -0.3 is 20.1 Å². The Morgan fingerprint density at radius 3 is 2.39 bits per heavy atom. The minimum atomic E-state index is -4.48. The second kappa shape index (κ2) is 11.0. The van der Waals surface area contributed by atoms with E-state index in [2.05, 4.69) is 15.6 Å². The van der Waals surface area contributed by atoms with E-state index in [0.29, 0.717) is 11.5 Å². The predicted octanol–water partition coefficient (Wildman–Crippen LogP) is 4.82. The number of aryl methyl sites for hydroxylation is 1. The van der Waals surface area contributed by atoms with Gasteiger partial charge in [-0.15, -0.1) is 0 Å². The van der Waals surface area contributed by atoms with Gasteiger partial charge in [-0.2, -0.15) is 13.2 Å². The van der Waals surface area contributed by atoms with Crippen molar-refractivity contribution >= 4 is 17.6 Å². The molecular formula is C23H28F3N3O4. The fraction of sp³-hybridized carbons (Fsp3) is 0.435. The standard InChI is InChI=1S/C23H28F3N3O4/c1-6-32-19-11-17(33-12-23(24,25)26)7-8-18(19)22(31)28-15(5)16-9-14(4)27-20(10-16)29-21(30)13(2)3/h7-11,13,15H,6,12H2,1-5H3,(H,28,31)(H,27,29,30). The van der Waals surface area contributed by atoms with E-state index in [1.54, 1.807) is 46.8 Å². The molecule has 1 unspecified atom stereocenters. The molecule has 0 saturated heterocycles. The summed E-state index contributed by atoms with van der Waals surface area (Å²) in [4.78, 5) is 29.2. The van der Waals surface area contributed by atoms with Crippen LogP contribution >= 0.6 is 0 Å². The van der Waals surface area contributed by atoms with Crippen molar-refractivity contribution in [1.29, 1.82) is 0 Å². The van der Waals surface area contributed by atoms with Crippen molar-refractivity contribution in [1.82, 2.24) is 10.3 Å². The molecule has 10 heteroatoms. The molecule has 7 nitrogen and oxygen atoms in total. The number of anilines is 1. The molecule has 0 spiro atoms. The van der Waals surface area contributed by atoms with Gasteiger partial charge in [0.2, 0.25) is 5.91 Å². The Kier molecular flexibility index (Phi) is 8.67. The Labute approximate surface area is 190 Å². The number of amides is 2. The summed E-state index contributed by atoms with van der Waals surface area (Å²) in [5, 5.41) is 5.58. The molecule has 33 heavy (non-hydrogen) atoms. The molecule has 180 valence electrons. The smallest absolute Gasteiger partial charge is 0.422 e. The highest BCUT2D eigenvalue weighted by Gasteiger charge is 2.28. The van der Waals surface area contributed by atoms with Crippen LogP contribution in [0.3, 0.4) is 0 Å². The number of benzene rings is 1. The number of hydrogen-bond donors (Lipinski definition) is 2. The zero-order valence-electron chi connectivity index (χ0n) is 19.2. The van der Waals surface area contributed by atoms with Gasteiger partial charge in [-0.3, -0.25) is 9.59 Å². The van der Waals surface area contributed by atoms with Crippen molar-refractivity contribution in [3.8, 4) is 11.5 Å². The minimum absolute atomic E-state index is 0.0596. The number of nitrogens with one attached hydrogen (secondary N) is 2. The molecule has 0 aliphatic heterocycles. The average Bonchev–Trinajstić information content (AvgIpc) is 2.71. The van der Waals surface area contributed by atoms with Crippen molar-refractivity contribution in [3.05, 3.63) is 47.2 Å². The van der Waals surface area contributed by atoms with Crippen molar-refractivity contribution in [2.75, 3.05) is 18.5 Å². The number of aromatic nitrogens is 1. The van der Waals surface area contributed by atoms with Crippen molar-refractivity contribution < 1.29 is 32.2 Å². The predicted molar refractivity (Wildman–Crippen MR) is 117 cm³/mol. The van der Waals surface area contributed by atoms with E-state index in [-0.39, 0.29) is 35.5 Å². The molecule has 2 N–H and O–H groups in total. The molecule has 1 heterocycles. The summed E-state index contributed by atoms with van der Waals surface area (Å²) in [6.07, 6.45) is -4.48. The number of alkyl halides is 3. The zero-order valence-corrected chi connectivity index (χ0v) is 19.2. The Hall–Kier alpha value is -3.30. The number of rotatable bonds is 9. The second-order valence-electron chi connectivity index (χ2n) is 7.76. The molecule has 0 fully saturated rings. The van der Waals surface area contributed by atoms with Crippen LogP contribution in [0.25, 0.3) is 0 Å². The molecule has 1 atom stereocenters. The topological polar surface area (TPSA) is 89.6 Å². The van der Waals surface area contributed by atoms with E-state index in [1.807, 2.05) is 0 Å². The minimum Gasteiger partial charge on any atom is -0.493 e. The van der Waals surface area contributed by atoms with E-state index >= 15 is 0 Å². The fourth-order valence-corrected chi connectivity index (χ4v) is 2.86. The van der Waals surface area contributed by atoms with Crippen molar-refractivity contribution in [2.24, 2.45) is 5.92 Å². The van der Waals surface area contributed by atoms with Crippen LogP contribution in [0.1, 0.15) is 55.4 Å². The Balaban J connectivity index is 2.19. The van der Waals surface area contributed by atoms with E-state index < -0.39 is 24.7 Å². The first-order valence-electron chi connectivity index (χ1n) is 10.5. The fourth-order valence-electron chi connectivity index (χ4n) is 2.86. The molecule has 0 aliphatic rings. The first-order valence-corrected chi connectivity index (χ1v) is 10.5. The molecular weight excluding hydrogens is 439 g/mol. The van der Waals surface area contributed by atoms with Crippen LogP contribution in [-0.4, -0.2) is 36.2 Å². The molecule has 0 saturated carbocycles. The summed E-state index contributed by atoms with van der Waals surface area (Å²) >= 11 is 0. The van der Waals surface area contributed by atoms with E-state index in [1.165, 1.54) is 18.2 Å². The lowest BCUT2D eigenvalue weighted by atomic mass is 10.1. The summed E-state index contributed by atoms with van der Waals surface area (Å²) in [6, 6.07) is 6.90. The highest BCUT2D eigenvalue weighted by atomic mass is 19.4. The van der Waals surface area contributed by atoms with Gasteiger partial charge in [-0.25, -0.2) is 4.98 Å². The van der Waals surface area contributed by atoms with Crippen LogP contribution in [-0.2, 0) is 4.79 Å².